The van der Waals surface area contributed by atoms with Gasteiger partial charge in [-0.2, -0.15) is 5.26 Å². The molecule has 0 spiro atoms. The lowest BCUT2D eigenvalue weighted by molar-refractivity contribution is -0.171. The van der Waals surface area contributed by atoms with Gasteiger partial charge >= 0.3 is 5.97 Å². The Hall–Kier alpha value is -3.01. The van der Waals surface area contributed by atoms with Gasteiger partial charge in [0.25, 0.3) is 5.91 Å². The van der Waals surface area contributed by atoms with Crippen LogP contribution in [0.4, 0.5) is 0 Å². The number of esters is 1. The number of hydrogen-bond donors (Lipinski definition) is 0. The summed E-state index contributed by atoms with van der Waals surface area (Å²) in [7, 11) is 0. The summed E-state index contributed by atoms with van der Waals surface area (Å²) in [5.74, 6) is 0.455. The van der Waals surface area contributed by atoms with E-state index in [0.717, 1.165) is 6.42 Å². The maximum Gasteiger partial charge on any atom is 0.303 e. The predicted molar refractivity (Wildman–Crippen MR) is 100 cm³/mol. The molecule has 0 aliphatic carbocycles. The maximum absolute atomic E-state index is 12.8. The van der Waals surface area contributed by atoms with Crippen molar-refractivity contribution >= 4 is 11.9 Å². The van der Waals surface area contributed by atoms with Gasteiger partial charge in [0, 0.05) is 18.6 Å². The third-order valence-electron chi connectivity index (χ3n) is 4.82. The molecular formula is C21H24N2O5. The summed E-state index contributed by atoms with van der Waals surface area (Å²) in [4.78, 5) is 26.2. The first-order valence-corrected chi connectivity index (χ1v) is 9.31. The van der Waals surface area contributed by atoms with Gasteiger partial charge in [0.1, 0.15) is 23.2 Å². The van der Waals surface area contributed by atoms with Crippen LogP contribution < -0.4 is 4.74 Å². The summed E-state index contributed by atoms with van der Waals surface area (Å²) < 4.78 is 17.4. The Morgan fingerprint density at radius 3 is 2.82 bits per heavy atom. The van der Waals surface area contributed by atoms with Gasteiger partial charge in [-0.05, 0) is 38.5 Å². The number of ether oxygens (including phenoxy) is 3. The van der Waals surface area contributed by atoms with E-state index < -0.39 is 23.7 Å². The van der Waals surface area contributed by atoms with Gasteiger partial charge in [-0.25, -0.2) is 0 Å². The molecule has 1 aromatic carbocycles. The number of benzene rings is 1. The van der Waals surface area contributed by atoms with Crippen LogP contribution in [0.3, 0.4) is 0 Å². The topological polar surface area (TPSA) is 88.9 Å². The molecule has 1 aromatic rings. The molecule has 2 aliphatic heterocycles. The molecule has 1 amide bonds. The molecule has 0 N–H and O–H groups in total. The van der Waals surface area contributed by atoms with E-state index in [9.17, 15) is 14.9 Å². The summed E-state index contributed by atoms with van der Waals surface area (Å²) in [6.45, 7) is 7.75. The Labute approximate surface area is 164 Å². The number of fused-ring (bicyclic) bond motifs is 1. The van der Waals surface area contributed by atoms with Gasteiger partial charge in [0.2, 0.25) is 0 Å². The van der Waals surface area contributed by atoms with Crippen LogP contribution >= 0.6 is 0 Å². The molecule has 7 heteroatoms. The van der Waals surface area contributed by atoms with Crippen molar-refractivity contribution in [2.24, 2.45) is 0 Å². The molecule has 0 bridgehead atoms. The number of nitriles is 1. The van der Waals surface area contributed by atoms with Crippen LogP contribution in [0.25, 0.3) is 0 Å². The van der Waals surface area contributed by atoms with Gasteiger partial charge in [-0.3, -0.25) is 9.59 Å². The molecule has 0 saturated carbocycles. The zero-order chi connectivity index (χ0) is 20.5. The zero-order valence-corrected chi connectivity index (χ0v) is 16.5. The first-order valence-electron chi connectivity index (χ1n) is 9.31. The van der Waals surface area contributed by atoms with Crippen molar-refractivity contribution in [3.8, 4) is 11.8 Å². The molecule has 7 nitrogen and oxygen atoms in total. The first-order chi connectivity index (χ1) is 13.3. The SMILES string of the molecule is CCCOC1=CC(=O)N([C@@H]2c3cc(C#N)ccc3OC(C)(C)[C@H]2OC(C)=O)C1. The van der Waals surface area contributed by atoms with E-state index in [4.69, 9.17) is 14.2 Å². The molecule has 28 heavy (non-hydrogen) atoms. The number of carbonyl (C=O) groups excluding carboxylic acids is 2. The highest BCUT2D eigenvalue weighted by atomic mass is 16.6. The lowest BCUT2D eigenvalue weighted by Crippen LogP contribution is -2.55. The van der Waals surface area contributed by atoms with Gasteiger partial charge in [0.15, 0.2) is 6.10 Å². The van der Waals surface area contributed by atoms with Crippen molar-refractivity contribution in [3.63, 3.8) is 0 Å². The van der Waals surface area contributed by atoms with Gasteiger partial charge in [0.05, 0.1) is 24.8 Å². The molecular weight excluding hydrogens is 360 g/mol. The lowest BCUT2D eigenvalue weighted by Gasteiger charge is -2.46. The van der Waals surface area contributed by atoms with Crippen LogP contribution in [-0.2, 0) is 19.1 Å². The highest BCUT2D eigenvalue weighted by Gasteiger charge is 2.50. The Kier molecular flexibility index (Phi) is 5.32. The van der Waals surface area contributed by atoms with Crippen LogP contribution in [0.15, 0.2) is 30.0 Å². The van der Waals surface area contributed by atoms with E-state index in [1.807, 2.05) is 20.8 Å². The Morgan fingerprint density at radius 2 is 2.18 bits per heavy atom. The Balaban J connectivity index is 2.05. The minimum Gasteiger partial charge on any atom is -0.496 e. The van der Waals surface area contributed by atoms with E-state index >= 15 is 0 Å². The fourth-order valence-electron chi connectivity index (χ4n) is 3.61. The first kappa shape index (κ1) is 19.7. The summed E-state index contributed by atoms with van der Waals surface area (Å²) in [6.07, 6.45) is 1.56. The van der Waals surface area contributed by atoms with Gasteiger partial charge in [-0.1, -0.05) is 6.92 Å². The molecule has 0 unspecified atom stereocenters. The fourth-order valence-corrected chi connectivity index (χ4v) is 3.61. The minimum absolute atomic E-state index is 0.223. The third kappa shape index (κ3) is 3.68. The maximum atomic E-state index is 12.8. The largest absolute Gasteiger partial charge is 0.496 e. The molecule has 148 valence electrons. The second-order valence-corrected chi connectivity index (χ2v) is 7.47. The van der Waals surface area contributed by atoms with Crippen molar-refractivity contribution in [1.29, 1.82) is 5.26 Å². The van der Waals surface area contributed by atoms with Crippen molar-refractivity contribution in [1.82, 2.24) is 4.90 Å². The monoisotopic (exact) mass is 384 g/mol. The minimum atomic E-state index is -0.870. The number of amides is 1. The van der Waals surface area contributed by atoms with E-state index in [2.05, 4.69) is 6.07 Å². The van der Waals surface area contributed by atoms with Crippen LogP contribution in [-0.4, -0.2) is 41.6 Å². The molecule has 2 heterocycles. The van der Waals surface area contributed by atoms with Crippen molar-refractivity contribution in [2.45, 2.75) is 51.9 Å². The van der Waals surface area contributed by atoms with E-state index in [-0.39, 0.29) is 12.5 Å². The summed E-state index contributed by atoms with van der Waals surface area (Å²) in [6, 6.07) is 6.58. The van der Waals surface area contributed by atoms with Crippen LogP contribution in [0.2, 0.25) is 0 Å². The fraction of sp³-hybridized carbons (Fsp3) is 0.476. The summed E-state index contributed by atoms with van der Waals surface area (Å²) >= 11 is 0. The highest BCUT2D eigenvalue weighted by Crippen LogP contribution is 2.45. The molecule has 0 aromatic heterocycles. The average molecular weight is 384 g/mol. The number of carbonyl (C=O) groups is 2. The summed E-state index contributed by atoms with van der Waals surface area (Å²) in [5, 5.41) is 9.31. The molecule has 0 fully saturated rings. The predicted octanol–water partition coefficient (Wildman–Crippen LogP) is 2.85. The van der Waals surface area contributed by atoms with E-state index in [1.165, 1.54) is 13.0 Å². The zero-order valence-electron chi connectivity index (χ0n) is 16.5. The van der Waals surface area contributed by atoms with Crippen molar-refractivity contribution < 1.29 is 23.8 Å². The van der Waals surface area contributed by atoms with Crippen LogP contribution in [0, 0.1) is 11.3 Å². The standard InChI is InChI=1S/C21H24N2O5/c1-5-8-26-15-10-18(25)23(12-15)19-16-9-14(11-22)6-7-17(16)28-21(3,4)20(19)27-13(2)24/h6-7,9-10,19-20H,5,8,12H2,1-4H3/t19-,20+/m1/s1. The third-order valence-corrected chi connectivity index (χ3v) is 4.82. The van der Waals surface area contributed by atoms with E-state index in [1.54, 1.807) is 23.1 Å². The normalized spacial score (nSPS) is 22.6. The molecule has 3 rings (SSSR count). The second kappa shape index (κ2) is 7.55. The number of rotatable bonds is 5. The lowest BCUT2D eigenvalue weighted by atomic mass is 9.84. The Morgan fingerprint density at radius 1 is 1.43 bits per heavy atom. The van der Waals surface area contributed by atoms with Crippen molar-refractivity contribution in [3.05, 3.63) is 41.2 Å². The van der Waals surface area contributed by atoms with Crippen molar-refractivity contribution in [2.75, 3.05) is 13.2 Å². The molecule has 0 saturated heterocycles. The van der Waals surface area contributed by atoms with Crippen LogP contribution in [0.5, 0.6) is 5.75 Å². The highest BCUT2D eigenvalue weighted by molar-refractivity contribution is 5.91. The summed E-state index contributed by atoms with van der Waals surface area (Å²) in [5.41, 5.74) is 0.212. The molecule has 2 aliphatic rings. The second-order valence-electron chi connectivity index (χ2n) is 7.47. The Bertz CT molecular complexity index is 868. The molecule has 2 atom stereocenters. The van der Waals surface area contributed by atoms with Crippen LogP contribution in [0.1, 0.15) is 51.3 Å². The number of nitrogens with zero attached hydrogens (tertiary/aromatic N) is 2. The van der Waals surface area contributed by atoms with E-state index in [0.29, 0.717) is 29.2 Å². The quantitative estimate of drug-likeness (QED) is 0.725. The number of hydrogen-bond acceptors (Lipinski definition) is 6. The van der Waals surface area contributed by atoms with Gasteiger partial charge < -0.3 is 19.1 Å². The smallest absolute Gasteiger partial charge is 0.303 e. The molecule has 0 radical (unpaired) electrons. The van der Waals surface area contributed by atoms with Gasteiger partial charge in [-0.15, -0.1) is 0 Å². The average Bonchev–Trinajstić information content (AvgIpc) is 3.00.